The van der Waals surface area contributed by atoms with Gasteiger partial charge in [-0.2, -0.15) is 0 Å². The number of aromatic nitrogens is 2. The summed E-state index contributed by atoms with van der Waals surface area (Å²) in [5.41, 5.74) is 3.71. The molecule has 0 radical (unpaired) electrons. The molecule has 1 heterocycles. The molecule has 0 bridgehead atoms. The molecular formula is C13H17N3. The van der Waals surface area contributed by atoms with E-state index in [1.165, 1.54) is 16.9 Å². The van der Waals surface area contributed by atoms with Crippen LogP contribution < -0.4 is 5.32 Å². The van der Waals surface area contributed by atoms with Gasteiger partial charge < -0.3 is 9.88 Å². The van der Waals surface area contributed by atoms with E-state index in [-0.39, 0.29) is 0 Å². The van der Waals surface area contributed by atoms with E-state index in [4.69, 9.17) is 0 Å². The first-order valence-electron chi connectivity index (χ1n) is 5.60. The van der Waals surface area contributed by atoms with Gasteiger partial charge in [-0.3, -0.25) is 0 Å². The van der Waals surface area contributed by atoms with Crippen LogP contribution in [0.15, 0.2) is 36.8 Å². The Bertz CT molecular complexity index is 460. The molecule has 0 aliphatic heterocycles. The highest BCUT2D eigenvalue weighted by molar-refractivity contribution is 5.37. The van der Waals surface area contributed by atoms with Gasteiger partial charge in [-0.1, -0.05) is 19.1 Å². The number of hydrogen-bond donors (Lipinski definition) is 1. The fourth-order valence-corrected chi connectivity index (χ4v) is 1.84. The number of rotatable bonds is 4. The first-order valence-corrected chi connectivity index (χ1v) is 5.60. The quantitative estimate of drug-likeness (QED) is 0.847. The Balaban J connectivity index is 2.36. The predicted molar refractivity (Wildman–Crippen MR) is 65.7 cm³/mol. The molecule has 0 saturated heterocycles. The van der Waals surface area contributed by atoms with Crippen LogP contribution in [0.5, 0.6) is 0 Å². The van der Waals surface area contributed by atoms with Crippen LogP contribution in [0.1, 0.15) is 18.2 Å². The summed E-state index contributed by atoms with van der Waals surface area (Å²) >= 11 is 0. The number of benzene rings is 1. The van der Waals surface area contributed by atoms with Crippen molar-refractivity contribution in [3.8, 4) is 5.69 Å². The van der Waals surface area contributed by atoms with E-state index >= 15 is 0 Å². The molecule has 84 valence electrons. The molecule has 3 nitrogen and oxygen atoms in total. The monoisotopic (exact) mass is 215 g/mol. The highest BCUT2D eigenvalue weighted by atomic mass is 15.0. The normalized spacial score (nSPS) is 10.6. The third-order valence-corrected chi connectivity index (χ3v) is 2.65. The lowest BCUT2D eigenvalue weighted by Gasteiger charge is -2.08. The topological polar surface area (TPSA) is 29.9 Å². The van der Waals surface area contributed by atoms with E-state index in [1.807, 2.05) is 19.6 Å². The zero-order valence-electron chi connectivity index (χ0n) is 9.77. The Kier molecular flexibility index (Phi) is 3.37. The second kappa shape index (κ2) is 4.94. The zero-order valence-corrected chi connectivity index (χ0v) is 9.77. The van der Waals surface area contributed by atoms with Crippen LogP contribution in [-0.4, -0.2) is 16.6 Å². The highest BCUT2D eigenvalue weighted by Crippen LogP contribution is 2.13. The number of aryl methyl sites for hydroxylation is 1. The Morgan fingerprint density at radius 3 is 3.00 bits per heavy atom. The summed E-state index contributed by atoms with van der Waals surface area (Å²) in [6.45, 7) is 3.04. The molecule has 0 amide bonds. The standard InChI is InChI=1S/C13H17N3/c1-3-12-9-15-10-16(12)13-6-4-5-11(7-13)8-14-2/h4-7,9-10,14H,3,8H2,1-2H3. The van der Waals surface area contributed by atoms with Crippen molar-refractivity contribution < 1.29 is 0 Å². The number of hydrogen-bond acceptors (Lipinski definition) is 2. The maximum Gasteiger partial charge on any atom is 0.0994 e. The molecule has 2 rings (SSSR count). The summed E-state index contributed by atoms with van der Waals surface area (Å²) in [6, 6.07) is 8.52. The third kappa shape index (κ3) is 2.14. The van der Waals surface area contributed by atoms with Crippen molar-refractivity contribution in [2.24, 2.45) is 0 Å². The van der Waals surface area contributed by atoms with E-state index < -0.39 is 0 Å². The van der Waals surface area contributed by atoms with Gasteiger partial charge in [0.1, 0.15) is 0 Å². The lowest BCUT2D eigenvalue weighted by molar-refractivity contribution is 0.815. The first-order chi connectivity index (χ1) is 7.85. The van der Waals surface area contributed by atoms with Crippen LogP contribution in [0.25, 0.3) is 5.69 Å². The largest absolute Gasteiger partial charge is 0.316 e. The van der Waals surface area contributed by atoms with Gasteiger partial charge in [0.25, 0.3) is 0 Å². The molecule has 0 atom stereocenters. The second-order valence-electron chi connectivity index (χ2n) is 3.81. The zero-order chi connectivity index (χ0) is 11.4. The van der Waals surface area contributed by atoms with Crippen molar-refractivity contribution in [3.05, 3.63) is 48.0 Å². The number of nitrogens with zero attached hydrogens (tertiary/aromatic N) is 2. The van der Waals surface area contributed by atoms with Crippen LogP contribution in [0.2, 0.25) is 0 Å². The summed E-state index contributed by atoms with van der Waals surface area (Å²) in [6.07, 6.45) is 4.79. The average molecular weight is 215 g/mol. The Morgan fingerprint density at radius 2 is 2.25 bits per heavy atom. The second-order valence-corrected chi connectivity index (χ2v) is 3.81. The molecular weight excluding hydrogens is 198 g/mol. The van der Waals surface area contributed by atoms with Gasteiger partial charge in [0, 0.05) is 24.1 Å². The van der Waals surface area contributed by atoms with Crippen LogP contribution in [0.4, 0.5) is 0 Å². The Morgan fingerprint density at radius 1 is 1.38 bits per heavy atom. The highest BCUT2D eigenvalue weighted by Gasteiger charge is 2.02. The Labute approximate surface area is 96.1 Å². The summed E-state index contributed by atoms with van der Waals surface area (Å²) < 4.78 is 2.14. The van der Waals surface area contributed by atoms with Gasteiger partial charge in [-0.05, 0) is 31.2 Å². The van der Waals surface area contributed by atoms with Gasteiger partial charge in [0.2, 0.25) is 0 Å². The van der Waals surface area contributed by atoms with Crippen molar-refractivity contribution in [2.45, 2.75) is 19.9 Å². The van der Waals surface area contributed by atoms with Crippen LogP contribution in [0.3, 0.4) is 0 Å². The minimum Gasteiger partial charge on any atom is -0.316 e. The molecule has 0 saturated carbocycles. The van der Waals surface area contributed by atoms with Gasteiger partial charge in [-0.25, -0.2) is 4.98 Å². The SMILES string of the molecule is CCc1cncn1-c1cccc(CNC)c1. The molecule has 0 spiro atoms. The summed E-state index contributed by atoms with van der Waals surface area (Å²) in [5, 5.41) is 3.16. The number of nitrogens with one attached hydrogen (secondary N) is 1. The predicted octanol–water partition coefficient (Wildman–Crippen LogP) is 2.15. The first kappa shape index (κ1) is 10.9. The summed E-state index contributed by atoms with van der Waals surface area (Å²) in [4.78, 5) is 4.19. The molecule has 2 aromatic rings. The van der Waals surface area contributed by atoms with Gasteiger partial charge >= 0.3 is 0 Å². The van der Waals surface area contributed by atoms with Crippen molar-refractivity contribution in [3.63, 3.8) is 0 Å². The molecule has 1 N–H and O–H groups in total. The van der Waals surface area contributed by atoms with Crippen molar-refractivity contribution in [1.82, 2.24) is 14.9 Å². The summed E-state index contributed by atoms with van der Waals surface area (Å²) in [5.74, 6) is 0. The smallest absolute Gasteiger partial charge is 0.0994 e. The minimum absolute atomic E-state index is 0.893. The van der Waals surface area contributed by atoms with E-state index in [1.54, 1.807) is 0 Å². The summed E-state index contributed by atoms with van der Waals surface area (Å²) in [7, 11) is 1.96. The van der Waals surface area contributed by atoms with Gasteiger partial charge in [0.05, 0.1) is 6.33 Å². The molecule has 0 fully saturated rings. The van der Waals surface area contributed by atoms with Crippen LogP contribution in [-0.2, 0) is 13.0 Å². The molecule has 3 heteroatoms. The average Bonchev–Trinajstić information content (AvgIpc) is 2.78. The fourth-order valence-electron chi connectivity index (χ4n) is 1.84. The van der Waals surface area contributed by atoms with E-state index in [9.17, 15) is 0 Å². The van der Waals surface area contributed by atoms with E-state index in [2.05, 4.69) is 46.1 Å². The minimum atomic E-state index is 0.893. The molecule has 16 heavy (non-hydrogen) atoms. The van der Waals surface area contributed by atoms with Crippen molar-refractivity contribution >= 4 is 0 Å². The fraction of sp³-hybridized carbons (Fsp3) is 0.308. The third-order valence-electron chi connectivity index (χ3n) is 2.65. The molecule has 0 aliphatic rings. The lowest BCUT2D eigenvalue weighted by atomic mass is 10.2. The maximum atomic E-state index is 4.19. The Hall–Kier alpha value is -1.61. The lowest BCUT2D eigenvalue weighted by Crippen LogP contribution is -2.06. The van der Waals surface area contributed by atoms with Crippen molar-refractivity contribution in [1.29, 1.82) is 0 Å². The number of imidazole rings is 1. The molecule has 1 aromatic carbocycles. The van der Waals surface area contributed by atoms with E-state index in [0.717, 1.165) is 13.0 Å². The molecule has 1 aromatic heterocycles. The van der Waals surface area contributed by atoms with Crippen LogP contribution >= 0.6 is 0 Å². The van der Waals surface area contributed by atoms with Gasteiger partial charge in [-0.15, -0.1) is 0 Å². The molecule has 0 aliphatic carbocycles. The maximum absolute atomic E-state index is 4.19. The van der Waals surface area contributed by atoms with Crippen LogP contribution in [0, 0.1) is 0 Å². The van der Waals surface area contributed by atoms with Crippen molar-refractivity contribution in [2.75, 3.05) is 7.05 Å². The molecule has 0 unspecified atom stereocenters. The van der Waals surface area contributed by atoms with E-state index in [0.29, 0.717) is 0 Å². The van der Waals surface area contributed by atoms with Gasteiger partial charge in [0.15, 0.2) is 0 Å².